The summed E-state index contributed by atoms with van der Waals surface area (Å²) < 4.78 is 49.7. The smallest absolute Gasteiger partial charge is 0.316 e. The van der Waals surface area contributed by atoms with E-state index < -0.39 is 26.6 Å². The first-order valence-corrected chi connectivity index (χ1v) is 13.8. The van der Waals surface area contributed by atoms with Crippen LogP contribution in [0.2, 0.25) is 0 Å². The van der Waals surface area contributed by atoms with E-state index in [4.69, 9.17) is 4.74 Å². The minimum atomic E-state index is -3.55. The Morgan fingerprint density at radius 2 is 1.69 bits per heavy atom. The highest BCUT2D eigenvalue weighted by Gasteiger charge is 2.32. The van der Waals surface area contributed by atoms with Gasteiger partial charge in [-0.3, -0.25) is 9.52 Å². The Morgan fingerprint density at radius 1 is 0.972 bits per heavy atom. The van der Waals surface area contributed by atoms with E-state index in [9.17, 15) is 17.6 Å². The van der Waals surface area contributed by atoms with E-state index in [2.05, 4.69) is 9.82 Å². The van der Waals surface area contributed by atoms with Gasteiger partial charge in [0.25, 0.3) is 0 Å². The van der Waals surface area contributed by atoms with Crippen LogP contribution in [-0.2, 0) is 10.0 Å². The van der Waals surface area contributed by atoms with Gasteiger partial charge in [-0.05, 0) is 68.9 Å². The van der Waals surface area contributed by atoms with Crippen molar-refractivity contribution in [1.82, 2.24) is 9.78 Å². The molecule has 0 atom stereocenters. The molecule has 1 N–H and O–H groups in total. The van der Waals surface area contributed by atoms with Gasteiger partial charge >= 0.3 is 5.56 Å². The zero-order chi connectivity index (χ0) is 25.1. The number of nitrogens with zero attached hydrogens (tertiary/aromatic N) is 3. The largest absolute Gasteiger partial charge is 0.483 e. The third kappa shape index (κ3) is 5.23. The molecule has 2 aliphatic rings. The van der Waals surface area contributed by atoms with Crippen LogP contribution < -0.4 is 19.9 Å². The van der Waals surface area contributed by atoms with Gasteiger partial charge in [0.1, 0.15) is 11.5 Å². The number of nitrogens with one attached hydrogen (secondary N) is 1. The lowest BCUT2D eigenvalue weighted by Gasteiger charge is -2.34. The van der Waals surface area contributed by atoms with Gasteiger partial charge in [0.2, 0.25) is 15.8 Å². The lowest BCUT2D eigenvalue weighted by Crippen LogP contribution is -2.42. The molecular formula is C26H29FN4O4S. The van der Waals surface area contributed by atoms with E-state index in [-0.39, 0.29) is 11.9 Å². The molecule has 2 heterocycles. The number of halogens is 1. The van der Waals surface area contributed by atoms with Crippen LogP contribution in [0.25, 0.3) is 5.69 Å². The molecule has 0 unspecified atom stereocenters. The zero-order valence-electron chi connectivity index (χ0n) is 19.8. The third-order valence-electron chi connectivity index (χ3n) is 6.81. The van der Waals surface area contributed by atoms with Gasteiger partial charge in [0.15, 0.2) is 0 Å². The molecule has 190 valence electrons. The Morgan fingerprint density at radius 3 is 2.39 bits per heavy atom. The van der Waals surface area contributed by atoms with Crippen molar-refractivity contribution in [2.24, 2.45) is 0 Å². The normalized spacial score (nSPS) is 17.3. The first kappa shape index (κ1) is 24.3. The van der Waals surface area contributed by atoms with Crippen molar-refractivity contribution in [2.45, 2.75) is 49.9 Å². The number of piperidine rings is 1. The Bertz CT molecular complexity index is 1370. The lowest BCUT2D eigenvalue weighted by atomic mass is 10.1. The fourth-order valence-corrected chi connectivity index (χ4v) is 6.35. The minimum Gasteiger partial charge on any atom is -0.483 e. The van der Waals surface area contributed by atoms with Crippen molar-refractivity contribution >= 4 is 21.4 Å². The molecule has 0 radical (unpaired) electrons. The van der Waals surface area contributed by atoms with E-state index in [1.807, 2.05) is 11.0 Å². The van der Waals surface area contributed by atoms with E-state index in [0.29, 0.717) is 43.0 Å². The Kier molecular flexibility index (Phi) is 6.95. The lowest BCUT2D eigenvalue weighted by molar-refractivity contribution is 0.206. The number of anilines is 2. The van der Waals surface area contributed by atoms with Gasteiger partial charge < -0.3 is 9.64 Å². The van der Waals surface area contributed by atoms with Crippen LogP contribution in [0, 0.1) is 5.82 Å². The van der Waals surface area contributed by atoms with Crippen LogP contribution in [0.5, 0.6) is 5.75 Å². The zero-order valence-corrected chi connectivity index (χ0v) is 20.7. The summed E-state index contributed by atoms with van der Waals surface area (Å²) in [4.78, 5) is 15.4. The molecule has 36 heavy (non-hydrogen) atoms. The van der Waals surface area contributed by atoms with Gasteiger partial charge in [-0.25, -0.2) is 12.8 Å². The van der Waals surface area contributed by atoms with Crippen molar-refractivity contribution in [3.8, 4) is 11.4 Å². The van der Waals surface area contributed by atoms with Crippen LogP contribution >= 0.6 is 0 Å². The van der Waals surface area contributed by atoms with Crippen molar-refractivity contribution < 1.29 is 17.5 Å². The van der Waals surface area contributed by atoms with Crippen molar-refractivity contribution in [2.75, 3.05) is 22.7 Å². The Labute approximate surface area is 209 Å². The third-order valence-corrected chi connectivity index (χ3v) is 8.68. The van der Waals surface area contributed by atoms with E-state index in [1.54, 1.807) is 36.5 Å². The molecule has 1 aliphatic carbocycles. The number of para-hydroxylation sites is 1. The quantitative estimate of drug-likeness (QED) is 0.512. The molecule has 1 saturated carbocycles. The Balaban J connectivity index is 1.39. The predicted molar refractivity (Wildman–Crippen MR) is 137 cm³/mol. The highest BCUT2D eigenvalue weighted by Crippen LogP contribution is 2.32. The molecule has 5 rings (SSSR count). The molecule has 2 fully saturated rings. The number of sulfonamides is 1. The summed E-state index contributed by atoms with van der Waals surface area (Å²) in [6, 6.07) is 14.5. The molecular weight excluding hydrogens is 483 g/mol. The van der Waals surface area contributed by atoms with Crippen LogP contribution in [0.4, 0.5) is 15.8 Å². The SMILES string of the molecule is O=c1c(OC2CCCC2)c(N2CCC(S(=O)(=O)Nc3ccccc3)CC2)cnn1-c1cccc(F)c1. The number of rotatable bonds is 7. The molecule has 1 saturated heterocycles. The first-order valence-electron chi connectivity index (χ1n) is 12.3. The summed E-state index contributed by atoms with van der Waals surface area (Å²) in [5, 5.41) is 3.76. The summed E-state index contributed by atoms with van der Waals surface area (Å²) >= 11 is 0. The number of hydrogen-bond donors (Lipinski definition) is 1. The maximum Gasteiger partial charge on any atom is 0.316 e. The first-order chi connectivity index (χ1) is 17.4. The second-order valence-corrected chi connectivity index (χ2v) is 11.2. The molecule has 10 heteroatoms. The fourth-order valence-electron chi connectivity index (χ4n) is 4.89. The summed E-state index contributed by atoms with van der Waals surface area (Å²) in [7, 11) is -3.55. The van der Waals surface area contributed by atoms with Crippen LogP contribution in [0.15, 0.2) is 65.6 Å². The molecule has 0 spiro atoms. The van der Waals surface area contributed by atoms with Gasteiger partial charge in [0, 0.05) is 18.8 Å². The summed E-state index contributed by atoms with van der Waals surface area (Å²) in [6.45, 7) is 0.874. The summed E-state index contributed by atoms with van der Waals surface area (Å²) in [6.07, 6.45) is 6.12. The average molecular weight is 513 g/mol. The van der Waals surface area contributed by atoms with Gasteiger partial charge in [-0.2, -0.15) is 9.78 Å². The van der Waals surface area contributed by atoms with Crippen LogP contribution in [0.3, 0.4) is 0 Å². The fraction of sp³-hybridized carbons (Fsp3) is 0.385. The predicted octanol–water partition coefficient (Wildman–Crippen LogP) is 4.10. The van der Waals surface area contributed by atoms with E-state index in [1.165, 1.54) is 18.2 Å². The second-order valence-electron chi connectivity index (χ2n) is 9.28. The molecule has 3 aromatic rings. The maximum absolute atomic E-state index is 13.8. The standard InChI is InChI=1S/C26H29FN4O4S/c27-19-7-6-10-21(17-19)31-26(32)25(35-22-11-4-5-12-22)24(18-28-31)30-15-13-23(14-16-30)36(33,34)29-20-8-2-1-3-9-20/h1-3,6-10,17-18,22-23,29H,4-5,11-16H2. The summed E-state index contributed by atoms with van der Waals surface area (Å²) in [5.41, 5.74) is 0.953. The topological polar surface area (TPSA) is 93.5 Å². The van der Waals surface area contributed by atoms with Crippen LogP contribution in [-0.4, -0.2) is 42.6 Å². The highest BCUT2D eigenvalue weighted by atomic mass is 32.2. The highest BCUT2D eigenvalue weighted by molar-refractivity contribution is 7.93. The van der Waals surface area contributed by atoms with Crippen molar-refractivity contribution in [3.05, 3.63) is 77.0 Å². The molecule has 2 aromatic carbocycles. The van der Waals surface area contributed by atoms with Crippen molar-refractivity contribution in [1.29, 1.82) is 0 Å². The molecule has 0 bridgehead atoms. The monoisotopic (exact) mass is 512 g/mol. The number of ether oxygens (including phenoxy) is 1. The second kappa shape index (κ2) is 10.3. The number of hydrogen-bond acceptors (Lipinski definition) is 6. The average Bonchev–Trinajstić information content (AvgIpc) is 3.39. The van der Waals surface area contributed by atoms with E-state index in [0.717, 1.165) is 30.4 Å². The molecule has 1 aliphatic heterocycles. The maximum atomic E-state index is 13.8. The molecule has 1 aromatic heterocycles. The van der Waals surface area contributed by atoms with Gasteiger partial charge in [-0.1, -0.05) is 24.3 Å². The number of aromatic nitrogens is 2. The van der Waals surface area contributed by atoms with Gasteiger partial charge in [-0.15, -0.1) is 0 Å². The minimum absolute atomic E-state index is 0.0622. The van der Waals surface area contributed by atoms with Gasteiger partial charge in [0.05, 0.1) is 23.2 Å². The van der Waals surface area contributed by atoms with E-state index >= 15 is 0 Å². The molecule has 8 nitrogen and oxygen atoms in total. The van der Waals surface area contributed by atoms with Crippen LogP contribution in [0.1, 0.15) is 38.5 Å². The molecule has 0 amide bonds. The van der Waals surface area contributed by atoms with Crippen molar-refractivity contribution in [3.63, 3.8) is 0 Å². The Hall–Kier alpha value is -3.40. The summed E-state index contributed by atoms with van der Waals surface area (Å²) in [5.74, 6) is -0.277. The number of benzene rings is 2.